The van der Waals surface area contributed by atoms with Crippen LogP contribution < -0.4 is 5.32 Å². The minimum Gasteiger partial charge on any atom is -0.394 e. The Balaban J connectivity index is 1.98. The van der Waals surface area contributed by atoms with E-state index in [-0.39, 0.29) is 18.6 Å². The van der Waals surface area contributed by atoms with Gasteiger partial charge in [0.2, 0.25) is 0 Å². The third-order valence-corrected chi connectivity index (χ3v) is 5.06. The summed E-state index contributed by atoms with van der Waals surface area (Å²) in [4.78, 5) is 16.7. The highest BCUT2D eigenvalue weighted by atomic mass is 16.3. The number of nitrogens with one attached hydrogen (secondary N) is 1. The van der Waals surface area contributed by atoms with Gasteiger partial charge in [-0.1, -0.05) is 0 Å². The lowest BCUT2D eigenvalue weighted by Gasteiger charge is -2.10. The maximum atomic E-state index is 12.4. The maximum Gasteiger partial charge on any atom is 0.251 e. The van der Waals surface area contributed by atoms with Crippen molar-refractivity contribution >= 4 is 38.5 Å². The zero-order chi connectivity index (χ0) is 18.4. The van der Waals surface area contributed by atoms with E-state index in [9.17, 15) is 4.79 Å². The van der Waals surface area contributed by atoms with E-state index in [4.69, 9.17) is 5.11 Å². The van der Waals surface area contributed by atoms with Crippen molar-refractivity contribution in [2.45, 2.75) is 19.9 Å². The van der Waals surface area contributed by atoms with Crippen LogP contribution in [0.4, 0.5) is 0 Å². The van der Waals surface area contributed by atoms with Crippen LogP contribution in [0.25, 0.3) is 32.6 Å². The number of benzene rings is 2. The number of nitrogens with zero attached hydrogens (tertiary/aromatic N) is 2. The van der Waals surface area contributed by atoms with E-state index in [0.717, 1.165) is 21.7 Å². The van der Waals surface area contributed by atoms with Crippen LogP contribution in [0, 0.1) is 6.92 Å². The molecule has 132 valence electrons. The van der Waals surface area contributed by atoms with Crippen molar-refractivity contribution in [3.05, 3.63) is 53.9 Å². The number of carbonyl (C=O) groups is 1. The summed E-state index contributed by atoms with van der Waals surface area (Å²) in [6.07, 6.45) is 3.69. The average molecular weight is 347 g/mol. The van der Waals surface area contributed by atoms with Crippen molar-refractivity contribution in [3.8, 4) is 0 Å². The molecule has 2 heterocycles. The summed E-state index contributed by atoms with van der Waals surface area (Å²) in [5.74, 6) is -0.176. The summed E-state index contributed by atoms with van der Waals surface area (Å²) < 4.78 is 2.18. The average Bonchev–Trinajstić information content (AvgIpc) is 2.94. The van der Waals surface area contributed by atoms with Crippen LogP contribution in [0.5, 0.6) is 0 Å². The molecule has 0 aliphatic heterocycles. The molecule has 0 radical (unpaired) electrons. The Hall–Kier alpha value is -2.92. The summed E-state index contributed by atoms with van der Waals surface area (Å²) in [5, 5.41) is 16.4. The number of hydrogen-bond acceptors (Lipinski definition) is 3. The molecule has 0 bridgehead atoms. The first-order chi connectivity index (χ1) is 12.5. The standard InChI is InChI=1S/C21H21N3O2/c1-12(11-25)23-21(26)14-4-5-19-17(8-14)18-9-15-10-22-7-6-16(15)13(2)20(18)24(19)3/h4-10,12,25H,11H2,1-3H3,(H,23,26)/t12-/m0/s1. The van der Waals surface area contributed by atoms with Gasteiger partial charge < -0.3 is 15.0 Å². The van der Waals surface area contributed by atoms with Crippen molar-refractivity contribution in [3.63, 3.8) is 0 Å². The van der Waals surface area contributed by atoms with Gasteiger partial charge >= 0.3 is 0 Å². The van der Waals surface area contributed by atoms with Gasteiger partial charge in [0.15, 0.2) is 0 Å². The van der Waals surface area contributed by atoms with Gasteiger partial charge in [0.25, 0.3) is 5.91 Å². The van der Waals surface area contributed by atoms with E-state index in [1.807, 2.05) is 36.7 Å². The molecular weight excluding hydrogens is 326 g/mol. The fourth-order valence-electron chi connectivity index (χ4n) is 3.71. The van der Waals surface area contributed by atoms with Crippen LogP contribution in [0.15, 0.2) is 42.7 Å². The fourth-order valence-corrected chi connectivity index (χ4v) is 3.71. The van der Waals surface area contributed by atoms with Crippen LogP contribution in [0.3, 0.4) is 0 Å². The number of hydrogen-bond donors (Lipinski definition) is 2. The lowest BCUT2D eigenvalue weighted by molar-refractivity contribution is 0.0922. The Labute approximate surface area is 151 Å². The Bertz CT molecular complexity index is 1160. The van der Waals surface area contributed by atoms with Gasteiger partial charge in [-0.3, -0.25) is 9.78 Å². The van der Waals surface area contributed by atoms with Crippen molar-refractivity contribution in [2.24, 2.45) is 7.05 Å². The number of rotatable bonds is 3. The molecule has 26 heavy (non-hydrogen) atoms. The van der Waals surface area contributed by atoms with Crippen molar-refractivity contribution in [2.75, 3.05) is 6.61 Å². The Kier molecular flexibility index (Phi) is 3.89. The molecule has 0 fully saturated rings. The van der Waals surface area contributed by atoms with Gasteiger partial charge in [-0.05, 0) is 55.1 Å². The van der Waals surface area contributed by atoms with Crippen molar-refractivity contribution in [1.29, 1.82) is 0 Å². The summed E-state index contributed by atoms with van der Waals surface area (Å²) in [7, 11) is 2.05. The zero-order valence-corrected chi connectivity index (χ0v) is 15.1. The molecule has 0 saturated heterocycles. The third kappa shape index (κ3) is 2.44. The SMILES string of the molecule is Cc1c2ccncc2cc2c3cc(C(=O)N[C@@H](C)CO)ccc3n(C)c12. The van der Waals surface area contributed by atoms with Crippen LogP contribution in [-0.2, 0) is 7.05 Å². The van der Waals surface area contributed by atoms with Crippen LogP contribution in [0.2, 0.25) is 0 Å². The van der Waals surface area contributed by atoms with Crippen molar-refractivity contribution < 1.29 is 9.90 Å². The predicted octanol–water partition coefficient (Wildman–Crippen LogP) is 3.30. The summed E-state index contributed by atoms with van der Waals surface area (Å²) in [5.41, 5.74) is 4.05. The lowest BCUT2D eigenvalue weighted by Crippen LogP contribution is -2.34. The lowest BCUT2D eigenvalue weighted by atomic mass is 10.0. The monoisotopic (exact) mass is 347 g/mol. The topological polar surface area (TPSA) is 67.2 Å². The second kappa shape index (κ2) is 6.11. The number of carbonyl (C=O) groups excluding carboxylic acids is 1. The highest BCUT2D eigenvalue weighted by Gasteiger charge is 2.16. The molecule has 5 nitrogen and oxygen atoms in total. The summed E-state index contributed by atoms with van der Waals surface area (Å²) in [6, 6.07) is 9.65. The number of aromatic nitrogens is 2. The van der Waals surface area contributed by atoms with E-state index in [0.29, 0.717) is 5.56 Å². The number of aliphatic hydroxyl groups excluding tert-OH is 1. The van der Waals surface area contributed by atoms with Gasteiger partial charge in [0.1, 0.15) is 0 Å². The fraction of sp³-hybridized carbons (Fsp3) is 0.238. The zero-order valence-electron chi connectivity index (χ0n) is 15.1. The molecule has 1 atom stereocenters. The normalized spacial score (nSPS) is 12.8. The molecular formula is C21H21N3O2. The second-order valence-electron chi connectivity index (χ2n) is 6.84. The number of amides is 1. The third-order valence-electron chi connectivity index (χ3n) is 5.06. The van der Waals surface area contributed by atoms with Crippen LogP contribution in [0.1, 0.15) is 22.8 Å². The summed E-state index contributed by atoms with van der Waals surface area (Å²) >= 11 is 0. The van der Waals surface area contributed by atoms with Gasteiger partial charge in [-0.15, -0.1) is 0 Å². The molecule has 1 amide bonds. The molecule has 0 unspecified atom stereocenters. The molecule has 0 saturated carbocycles. The van der Waals surface area contributed by atoms with E-state index in [1.54, 1.807) is 6.92 Å². The number of aryl methyl sites for hydroxylation is 2. The number of aliphatic hydroxyl groups is 1. The van der Waals surface area contributed by atoms with E-state index >= 15 is 0 Å². The Morgan fingerprint density at radius 2 is 2.04 bits per heavy atom. The molecule has 2 aromatic heterocycles. The van der Waals surface area contributed by atoms with E-state index in [2.05, 4.69) is 34.9 Å². The van der Waals surface area contributed by atoms with E-state index in [1.165, 1.54) is 16.5 Å². The minimum absolute atomic E-state index is 0.0829. The molecule has 0 aliphatic carbocycles. The second-order valence-corrected chi connectivity index (χ2v) is 6.84. The molecule has 0 aliphatic rings. The predicted molar refractivity (Wildman–Crippen MR) is 104 cm³/mol. The molecule has 5 heteroatoms. The van der Waals surface area contributed by atoms with Crippen LogP contribution in [-0.4, -0.2) is 33.2 Å². The molecule has 4 aromatic rings. The van der Waals surface area contributed by atoms with Crippen molar-refractivity contribution in [1.82, 2.24) is 14.9 Å². The first kappa shape index (κ1) is 16.5. The molecule has 2 aromatic carbocycles. The first-order valence-corrected chi connectivity index (χ1v) is 8.68. The van der Waals surface area contributed by atoms with E-state index < -0.39 is 0 Å². The largest absolute Gasteiger partial charge is 0.394 e. The maximum absolute atomic E-state index is 12.4. The van der Waals surface area contributed by atoms with Gasteiger partial charge in [-0.25, -0.2) is 0 Å². The smallest absolute Gasteiger partial charge is 0.251 e. The molecule has 2 N–H and O–H groups in total. The van der Waals surface area contributed by atoms with Gasteiger partial charge in [-0.2, -0.15) is 0 Å². The first-order valence-electron chi connectivity index (χ1n) is 8.68. The highest BCUT2D eigenvalue weighted by Crippen LogP contribution is 2.35. The molecule has 0 spiro atoms. The van der Waals surface area contributed by atoms with Crippen LogP contribution >= 0.6 is 0 Å². The minimum atomic E-state index is -0.275. The van der Waals surface area contributed by atoms with Gasteiger partial charge in [0.05, 0.1) is 12.1 Å². The molecule has 4 rings (SSSR count). The van der Waals surface area contributed by atoms with Gasteiger partial charge in [0, 0.05) is 52.7 Å². The number of pyridine rings is 1. The highest BCUT2D eigenvalue weighted by molar-refractivity contribution is 6.15. The quantitative estimate of drug-likeness (QED) is 0.597. The Morgan fingerprint density at radius 1 is 1.23 bits per heavy atom. The summed E-state index contributed by atoms with van der Waals surface area (Å²) in [6.45, 7) is 3.82. The Morgan fingerprint density at radius 3 is 2.81 bits per heavy atom. The number of fused-ring (bicyclic) bond motifs is 4.